The molecular formula is C16H17FO. The van der Waals surface area contributed by atoms with E-state index in [1.807, 2.05) is 12.1 Å². The Labute approximate surface area is 106 Å². The average Bonchev–Trinajstić information content (AvgIpc) is 2.92. The predicted molar refractivity (Wildman–Crippen MR) is 67.4 cm³/mol. The van der Waals surface area contributed by atoms with Gasteiger partial charge in [-0.05, 0) is 36.8 Å². The number of rotatable bonds is 0. The lowest BCUT2D eigenvalue weighted by Gasteiger charge is -2.34. The third-order valence-corrected chi connectivity index (χ3v) is 5.32. The molecule has 0 radical (unpaired) electrons. The zero-order valence-corrected chi connectivity index (χ0v) is 10.4. The summed E-state index contributed by atoms with van der Waals surface area (Å²) >= 11 is 0. The van der Waals surface area contributed by atoms with Crippen LogP contribution in [0.25, 0.3) is 0 Å². The smallest absolute Gasteiger partial charge is 0.133 e. The molecule has 2 fully saturated rings. The number of halogens is 1. The first kappa shape index (κ1) is 10.7. The summed E-state index contributed by atoms with van der Waals surface area (Å²) in [6.45, 7) is 0. The van der Waals surface area contributed by atoms with E-state index in [1.165, 1.54) is 11.1 Å². The summed E-state index contributed by atoms with van der Waals surface area (Å²) < 4.78 is 13.9. The monoisotopic (exact) mass is 244 g/mol. The second kappa shape index (κ2) is 3.23. The highest BCUT2D eigenvalue weighted by Gasteiger charge is 2.65. The molecule has 4 rings (SSSR count). The molecule has 3 unspecified atom stereocenters. The summed E-state index contributed by atoms with van der Waals surface area (Å²) in [6, 6.07) is 8.26. The molecule has 3 aliphatic carbocycles. The minimum absolute atomic E-state index is 0.0350. The van der Waals surface area contributed by atoms with Crippen molar-refractivity contribution in [2.24, 2.45) is 0 Å². The van der Waals surface area contributed by atoms with E-state index < -0.39 is 6.17 Å². The fourth-order valence-electron chi connectivity index (χ4n) is 4.46. The third-order valence-electron chi connectivity index (χ3n) is 5.32. The first-order valence-electron chi connectivity index (χ1n) is 6.92. The van der Waals surface area contributed by atoms with Crippen molar-refractivity contribution < 1.29 is 9.18 Å². The van der Waals surface area contributed by atoms with Gasteiger partial charge < -0.3 is 0 Å². The van der Waals surface area contributed by atoms with Gasteiger partial charge in [0.1, 0.15) is 12.0 Å². The van der Waals surface area contributed by atoms with Crippen LogP contribution in [-0.4, -0.2) is 12.0 Å². The van der Waals surface area contributed by atoms with Crippen molar-refractivity contribution in [2.45, 2.75) is 55.5 Å². The lowest BCUT2D eigenvalue weighted by atomic mass is 9.69. The number of alkyl halides is 1. The molecular weight excluding hydrogens is 227 g/mol. The van der Waals surface area contributed by atoms with Crippen LogP contribution in [0, 0.1) is 0 Å². The number of carbonyl (C=O) groups is 1. The van der Waals surface area contributed by atoms with E-state index in [-0.39, 0.29) is 10.8 Å². The molecule has 3 aliphatic rings. The molecule has 2 spiro atoms. The number of Topliss-reactive ketones (excluding diaryl/α,β-unsaturated/α-hetero) is 1. The van der Waals surface area contributed by atoms with Crippen molar-refractivity contribution in [1.29, 1.82) is 0 Å². The quantitative estimate of drug-likeness (QED) is 0.683. The maximum Gasteiger partial charge on any atom is 0.133 e. The first-order chi connectivity index (χ1) is 8.66. The van der Waals surface area contributed by atoms with Gasteiger partial charge in [0, 0.05) is 23.7 Å². The normalized spacial score (nSPS) is 41.4. The summed E-state index contributed by atoms with van der Waals surface area (Å²) in [7, 11) is 0. The van der Waals surface area contributed by atoms with Crippen molar-refractivity contribution in [1.82, 2.24) is 0 Å². The molecule has 1 aromatic rings. The topological polar surface area (TPSA) is 17.1 Å². The second-order valence-corrected chi connectivity index (χ2v) is 6.40. The summed E-state index contributed by atoms with van der Waals surface area (Å²) in [6.07, 6.45) is 4.24. The Morgan fingerprint density at radius 2 is 1.94 bits per heavy atom. The Morgan fingerprint density at radius 3 is 2.61 bits per heavy atom. The van der Waals surface area contributed by atoms with Gasteiger partial charge >= 0.3 is 0 Å². The van der Waals surface area contributed by atoms with Gasteiger partial charge in [-0.1, -0.05) is 24.3 Å². The van der Waals surface area contributed by atoms with Gasteiger partial charge in [0.05, 0.1) is 0 Å². The molecule has 18 heavy (non-hydrogen) atoms. The van der Waals surface area contributed by atoms with Crippen LogP contribution in [0.2, 0.25) is 0 Å². The Kier molecular flexibility index (Phi) is 1.92. The fourth-order valence-corrected chi connectivity index (χ4v) is 4.46. The fraction of sp³-hybridized carbons (Fsp3) is 0.562. The van der Waals surface area contributed by atoms with Crippen LogP contribution < -0.4 is 0 Å². The van der Waals surface area contributed by atoms with Crippen LogP contribution in [0.3, 0.4) is 0 Å². The van der Waals surface area contributed by atoms with Crippen LogP contribution in [0.5, 0.6) is 0 Å². The third kappa shape index (κ3) is 1.19. The van der Waals surface area contributed by atoms with Crippen LogP contribution in [-0.2, 0) is 15.6 Å². The molecule has 0 amide bonds. The Bertz CT molecular complexity index is 538. The van der Waals surface area contributed by atoms with Crippen LogP contribution >= 0.6 is 0 Å². The van der Waals surface area contributed by atoms with E-state index in [0.717, 1.165) is 25.7 Å². The molecule has 2 heteroatoms. The van der Waals surface area contributed by atoms with Crippen LogP contribution in [0.1, 0.15) is 49.7 Å². The molecule has 94 valence electrons. The SMILES string of the molecule is O=C1CCCC2(C1)CC1(CC1F)c1ccccc12. The Balaban J connectivity index is 1.86. The highest BCUT2D eigenvalue weighted by Crippen LogP contribution is 2.66. The van der Waals surface area contributed by atoms with Gasteiger partial charge in [-0.2, -0.15) is 0 Å². The number of benzene rings is 1. The van der Waals surface area contributed by atoms with E-state index in [4.69, 9.17) is 0 Å². The van der Waals surface area contributed by atoms with Crippen molar-refractivity contribution in [3.63, 3.8) is 0 Å². The summed E-state index contributed by atoms with van der Waals surface area (Å²) in [5.41, 5.74) is 2.21. The van der Waals surface area contributed by atoms with Crippen LogP contribution in [0.4, 0.5) is 4.39 Å². The molecule has 0 aromatic heterocycles. The molecule has 1 aromatic carbocycles. The van der Waals surface area contributed by atoms with Gasteiger partial charge in [0.15, 0.2) is 0 Å². The van der Waals surface area contributed by atoms with Gasteiger partial charge in [0.2, 0.25) is 0 Å². The maximum absolute atomic E-state index is 13.9. The Morgan fingerprint density at radius 1 is 1.22 bits per heavy atom. The summed E-state index contributed by atoms with van der Waals surface area (Å²) in [5, 5.41) is 0. The minimum Gasteiger partial charge on any atom is -0.300 e. The number of fused-ring (bicyclic) bond motifs is 3. The number of hydrogen-bond donors (Lipinski definition) is 0. The molecule has 0 bridgehead atoms. The van der Waals surface area contributed by atoms with Crippen molar-refractivity contribution >= 4 is 5.78 Å². The average molecular weight is 244 g/mol. The van der Waals surface area contributed by atoms with Gasteiger partial charge in [0.25, 0.3) is 0 Å². The molecule has 3 atom stereocenters. The van der Waals surface area contributed by atoms with Gasteiger partial charge in [-0.3, -0.25) is 4.79 Å². The van der Waals surface area contributed by atoms with Gasteiger partial charge in [-0.25, -0.2) is 4.39 Å². The molecule has 0 heterocycles. The molecule has 0 aliphatic heterocycles. The largest absolute Gasteiger partial charge is 0.300 e. The van der Waals surface area contributed by atoms with Crippen molar-refractivity contribution in [3.8, 4) is 0 Å². The number of carbonyl (C=O) groups excluding carboxylic acids is 1. The van der Waals surface area contributed by atoms with Crippen molar-refractivity contribution in [2.75, 3.05) is 0 Å². The van der Waals surface area contributed by atoms with E-state index in [1.54, 1.807) is 0 Å². The standard InChI is InChI=1S/C16H17FO/c17-14-9-16(14)10-15(7-3-4-11(18)8-15)12-5-1-2-6-13(12)16/h1-2,5-6,14H,3-4,7-10H2. The van der Waals surface area contributed by atoms with Gasteiger partial charge in [-0.15, -0.1) is 0 Å². The highest BCUT2D eigenvalue weighted by atomic mass is 19.1. The summed E-state index contributed by atoms with van der Waals surface area (Å²) in [4.78, 5) is 11.9. The predicted octanol–water partition coefficient (Wildman–Crippen LogP) is 3.45. The maximum atomic E-state index is 13.9. The molecule has 2 saturated carbocycles. The van der Waals surface area contributed by atoms with Crippen LogP contribution in [0.15, 0.2) is 24.3 Å². The zero-order chi connectivity index (χ0) is 12.4. The first-order valence-corrected chi connectivity index (χ1v) is 6.92. The summed E-state index contributed by atoms with van der Waals surface area (Å²) in [5.74, 6) is 0.365. The van der Waals surface area contributed by atoms with E-state index >= 15 is 0 Å². The lowest BCUT2D eigenvalue weighted by molar-refractivity contribution is -0.122. The second-order valence-electron chi connectivity index (χ2n) is 6.40. The van der Waals surface area contributed by atoms with Crippen molar-refractivity contribution in [3.05, 3.63) is 35.4 Å². The molecule has 0 saturated heterocycles. The number of hydrogen-bond acceptors (Lipinski definition) is 1. The van der Waals surface area contributed by atoms with E-state index in [2.05, 4.69) is 12.1 Å². The van der Waals surface area contributed by atoms with E-state index in [9.17, 15) is 9.18 Å². The molecule has 1 nitrogen and oxygen atoms in total. The van der Waals surface area contributed by atoms with E-state index in [0.29, 0.717) is 18.6 Å². The minimum atomic E-state index is -0.685. The number of ketones is 1. The lowest BCUT2D eigenvalue weighted by Crippen LogP contribution is -2.31. The zero-order valence-electron chi connectivity index (χ0n) is 10.4. The Hall–Kier alpha value is -1.18. The highest BCUT2D eigenvalue weighted by molar-refractivity contribution is 5.81. The molecule has 0 N–H and O–H groups in total.